The minimum Gasteiger partial charge on any atom is -0.444 e. The molecule has 1 aliphatic heterocycles. The fourth-order valence-corrected chi connectivity index (χ4v) is 2.21. The van der Waals surface area contributed by atoms with Gasteiger partial charge in [0.25, 0.3) is 0 Å². The third-order valence-corrected chi connectivity index (χ3v) is 3.25. The van der Waals surface area contributed by atoms with Crippen molar-refractivity contribution in [3.63, 3.8) is 0 Å². The van der Waals surface area contributed by atoms with E-state index in [0.29, 0.717) is 31.6 Å². The molecule has 0 aliphatic carbocycles. The lowest BCUT2D eigenvalue weighted by Crippen LogP contribution is -2.39. The molecule has 7 nitrogen and oxygen atoms in total. The molecule has 1 saturated heterocycles. The van der Waals surface area contributed by atoms with Crippen molar-refractivity contribution in [2.24, 2.45) is 0 Å². The Hall–Kier alpha value is -2.18. The molecule has 1 fully saturated rings. The van der Waals surface area contributed by atoms with Crippen LogP contribution in [0.3, 0.4) is 0 Å². The summed E-state index contributed by atoms with van der Waals surface area (Å²) in [5, 5.41) is 0. The number of nitrogens with zero attached hydrogens (tertiary/aromatic N) is 4. The predicted octanol–water partition coefficient (Wildman–Crippen LogP) is 1.74. The van der Waals surface area contributed by atoms with Gasteiger partial charge in [-0.1, -0.05) is 0 Å². The SMILES string of the molecule is CC(C)(C)OC(=O)N1CCCN(c2cnc(C=O)cn2)CC1. The highest BCUT2D eigenvalue weighted by atomic mass is 16.6. The summed E-state index contributed by atoms with van der Waals surface area (Å²) < 4.78 is 5.41. The molecule has 7 heteroatoms. The summed E-state index contributed by atoms with van der Waals surface area (Å²) in [6.45, 7) is 8.26. The molecule has 0 saturated carbocycles. The molecule has 1 aliphatic rings. The van der Waals surface area contributed by atoms with Gasteiger partial charge in [-0.2, -0.15) is 0 Å². The number of anilines is 1. The minimum absolute atomic E-state index is 0.281. The lowest BCUT2D eigenvalue weighted by atomic mass is 10.2. The van der Waals surface area contributed by atoms with Gasteiger partial charge in [-0.3, -0.25) is 4.79 Å². The number of carbonyl (C=O) groups excluding carboxylic acids is 2. The highest BCUT2D eigenvalue weighted by Gasteiger charge is 2.24. The van der Waals surface area contributed by atoms with Gasteiger partial charge in [0.1, 0.15) is 17.1 Å². The van der Waals surface area contributed by atoms with Crippen LogP contribution >= 0.6 is 0 Å². The highest BCUT2D eigenvalue weighted by Crippen LogP contribution is 2.15. The van der Waals surface area contributed by atoms with Crippen LogP contribution in [0.15, 0.2) is 12.4 Å². The molecule has 1 aromatic rings. The normalized spacial score (nSPS) is 16.1. The monoisotopic (exact) mass is 306 g/mol. The summed E-state index contributed by atoms with van der Waals surface area (Å²) in [6, 6.07) is 0. The molecule has 0 aromatic carbocycles. The Balaban J connectivity index is 1.97. The first-order chi connectivity index (χ1) is 10.4. The number of amides is 1. The largest absolute Gasteiger partial charge is 0.444 e. The zero-order chi connectivity index (χ0) is 16.2. The van der Waals surface area contributed by atoms with Gasteiger partial charge in [-0.05, 0) is 27.2 Å². The number of aldehydes is 1. The summed E-state index contributed by atoms with van der Waals surface area (Å²) >= 11 is 0. The third-order valence-electron chi connectivity index (χ3n) is 3.25. The van der Waals surface area contributed by atoms with E-state index in [9.17, 15) is 9.59 Å². The topological polar surface area (TPSA) is 75.6 Å². The van der Waals surface area contributed by atoms with Gasteiger partial charge in [-0.15, -0.1) is 0 Å². The number of rotatable bonds is 2. The summed E-state index contributed by atoms with van der Waals surface area (Å²) in [4.78, 5) is 34.8. The van der Waals surface area contributed by atoms with E-state index >= 15 is 0 Å². The number of ether oxygens (including phenoxy) is 1. The maximum absolute atomic E-state index is 12.1. The van der Waals surface area contributed by atoms with E-state index in [1.165, 1.54) is 6.20 Å². The van der Waals surface area contributed by atoms with Gasteiger partial charge in [0.15, 0.2) is 6.29 Å². The summed E-state index contributed by atoms with van der Waals surface area (Å²) in [6.07, 6.45) is 4.27. The Morgan fingerprint density at radius 1 is 1.18 bits per heavy atom. The van der Waals surface area contributed by atoms with Crippen molar-refractivity contribution in [1.29, 1.82) is 0 Å². The Bertz CT molecular complexity index is 525. The van der Waals surface area contributed by atoms with Crippen LogP contribution in [-0.2, 0) is 4.74 Å². The molecule has 0 bridgehead atoms. The first kappa shape index (κ1) is 16.2. The molecule has 22 heavy (non-hydrogen) atoms. The fraction of sp³-hybridized carbons (Fsp3) is 0.600. The van der Waals surface area contributed by atoms with Gasteiger partial charge in [0.05, 0.1) is 12.4 Å². The second-order valence-electron chi connectivity index (χ2n) is 6.23. The Kier molecular flexibility index (Phi) is 4.95. The highest BCUT2D eigenvalue weighted by molar-refractivity contribution is 5.71. The van der Waals surface area contributed by atoms with Crippen molar-refractivity contribution in [1.82, 2.24) is 14.9 Å². The molecule has 1 amide bonds. The van der Waals surface area contributed by atoms with Crippen LogP contribution in [0.25, 0.3) is 0 Å². The van der Waals surface area contributed by atoms with Crippen molar-refractivity contribution < 1.29 is 14.3 Å². The van der Waals surface area contributed by atoms with Crippen LogP contribution in [0.5, 0.6) is 0 Å². The van der Waals surface area contributed by atoms with E-state index in [1.54, 1.807) is 11.1 Å². The second-order valence-corrected chi connectivity index (χ2v) is 6.23. The fourth-order valence-electron chi connectivity index (χ4n) is 2.21. The zero-order valence-electron chi connectivity index (χ0n) is 13.3. The van der Waals surface area contributed by atoms with E-state index in [0.717, 1.165) is 18.8 Å². The first-order valence-electron chi connectivity index (χ1n) is 7.39. The van der Waals surface area contributed by atoms with Gasteiger partial charge in [-0.25, -0.2) is 14.8 Å². The maximum atomic E-state index is 12.1. The number of hydrogen-bond acceptors (Lipinski definition) is 6. The van der Waals surface area contributed by atoms with Crippen LogP contribution in [-0.4, -0.2) is 59.0 Å². The second kappa shape index (κ2) is 6.72. The molecule has 1 aromatic heterocycles. The van der Waals surface area contributed by atoms with Crippen LogP contribution in [0.1, 0.15) is 37.7 Å². The van der Waals surface area contributed by atoms with E-state index in [4.69, 9.17) is 4.74 Å². The van der Waals surface area contributed by atoms with E-state index < -0.39 is 5.60 Å². The average molecular weight is 306 g/mol. The molecule has 0 atom stereocenters. The van der Waals surface area contributed by atoms with Crippen molar-refractivity contribution >= 4 is 18.2 Å². The van der Waals surface area contributed by atoms with Crippen LogP contribution in [0, 0.1) is 0 Å². The number of hydrogen-bond donors (Lipinski definition) is 0. The Morgan fingerprint density at radius 2 is 1.95 bits per heavy atom. The molecule has 0 spiro atoms. The lowest BCUT2D eigenvalue weighted by Gasteiger charge is -2.26. The van der Waals surface area contributed by atoms with Gasteiger partial charge in [0.2, 0.25) is 0 Å². The van der Waals surface area contributed by atoms with Gasteiger partial charge >= 0.3 is 6.09 Å². The molecule has 0 radical (unpaired) electrons. The van der Waals surface area contributed by atoms with E-state index in [1.807, 2.05) is 20.8 Å². The molecular formula is C15H22N4O3. The van der Waals surface area contributed by atoms with Crippen LogP contribution < -0.4 is 4.90 Å². The van der Waals surface area contributed by atoms with Crippen molar-refractivity contribution in [3.8, 4) is 0 Å². The Morgan fingerprint density at radius 3 is 2.55 bits per heavy atom. The predicted molar refractivity (Wildman–Crippen MR) is 82.1 cm³/mol. The van der Waals surface area contributed by atoms with E-state index in [2.05, 4.69) is 14.9 Å². The van der Waals surface area contributed by atoms with Gasteiger partial charge < -0.3 is 14.5 Å². The van der Waals surface area contributed by atoms with Crippen molar-refractivity contribution in [2.75, 3.05) is 31.1 Å². The third kappa shape index (κ3) is 4.41. The van der Waals surface area contributed by atoms with Crippen molar-refractivity contribution in [2.45, 2.75) is 32.8 Å². The Labute approximate surface area is 130 Å². The van der Waals surface area contributed by atoms with Gasteiger partial charge in [0, 0.05) is 26.2 Å². The lowest BCUT2D eigenvalue weighted by molar-refractivity contribution is 0.0263. The minimum atomic E-state index is -0.487. The molecule has 2 rings (SSSR count). The molecule has 120 valence electrons. The van der Waals surface area contributed by atoms with E-state index in [-0.39, 0.29) is 6.09 Å². The van der Waals surface area contributed by atoms with Crippen LogP contribution in [0.2, 0.25) is 0 Å². The quantitative estimate of drug-likeness (QED) is 0.775. The van der Waals surface area contributed by atoms with Crippen molar-refractivity contribution in [3.05, 3.63) is 18.1 Å². The number of aromatic nitrogens is 2. The summed E-state index contributed by atoms with van der Waals surface area (Å²) in [5.74, 6) is 0.719. The standard InChI is InChI=1S/C15H22N4O3/c1-15(2,3)22-14(21)19-6-4-5-18(7-8-19)13-10-16-12(11-20)9-17-13/h9-11H,4-8H2,1-3H3. The molecule has 2 heterocycles. The summed E-state index contributed by atoms with van der Waals surface area (Å²) in [5.41, 5.74) is -0.173. The average Bonchev–Trinajstić information content (AvgIpc) is 2.71. The summed E-state index contributed by atoms with van der Waals surface area (Å²) in [7, 11) is 0. The molecule has 0 unspecified atom stereocenters. The van der Waals surface area contributed by atoms with Crippen LogP contribution in [0.4, 0.5) is 10.6 Å². The molecule has 0 N–H and O–H groups in total. The maximum Gasteiger partial charge on any atom is 0.410 e. The smallest absolute Gasteiger partial charge is 0.410 e. The number of carbonyl (C=O) groups is 2. The first-order valence-corrected chi connectivity index (χ1v) is 7.39. The zero-order valence-corrected chi connectivity index (χ0v) is 13.3. The molecular weight excluding hydrogens is 284 g/mol.